The average molecular weight is 323 g/mol. The molecule has 2 aromatic rings. The van der Waals surface area contributed by atoms with Crippen molar-refractivity contribution in [3.05, 3.63) is 52.5 Å². The molecule has 0 bridgehead atoms. The Bertz CT molecular complexity index is 550. The maximum Gasteiger partial charge on any atom is 0.137 e. The lowest BCUT2D eigenvalue weighted by Crippen LogP contribution is -2.29. The number of nitrogens with two attached hydrogens (primary N) is 1. The molecule has 0 radical (unpaired) electrons. The van der Waals surface area contributed by atoms with Gasteiger partial charge in [0, 0.05) is 16.9 Å². The van der Waals surface area contributed by atoms with Crippen LogP contribution in [0.25, 0.3) is 0 Å². The fraction of sp³-hybridized carbons (Fsp3) is 0.231. The molecule has 1 atom stereocenters. The van der Waals surface area contributed by atoms with Gasteiger partial charge in [0.1, 0.15) is 5.75 Å². The highest BCUT2D eigenvalue weighted by Crippen LogP contribution is 2.27. The molecular formula is C13H15BrN4O. The number of nitrogens with one attached hydrogen (secondary N) is 1. The molecule has 6 heteroatoms. The van der Waals surface area contributed by atoms with E-state index in [0.717, 1.165) is 15.7 Å². The zero-order chi connectivity index (χ0) is 13.7. The number of hydrazine groups is 1. The molecule has 0 amide bonds. The van der Waals surface area contributed by atoms with Gasteiger partial charge in [0.15, 0.2) is 0 Å². The molecular weight excluding hydrogens is 308 g/mol. The van der Waals surface area contributed by atoms with Crippen LogP contribution in [0, 0.1) is 0 Å². The fourth-order valence-corrected chi connectivity index (χ4v) is 2.27. The Kier molecular flexibility index (Phi) is 4.84. The maximum absolute atomic E-state index is 5.65. The molecule has 0 spiro atoms. The monoisotopic (exact) mass is 322 g/mol. The second-order valence-electron chi connectivity index (χ2n) is 3.86. The van der Waals surface area contributed by atoms with Crippen molar-refractivity contribution in [2.75, 3.05) is 6.61 Å². The quantitative estimate of drug-likeness (QED) is 0.652. The lowest BCUT2D eigenvalue weighted by atomic mass is 10.1. The van der Waals surface area contributed by atoms with E-state index in [1.165, 1.54) is 0 Å². The second kappa shape index (κ2) is 6.60. The zero-order valence-electron chi connectivity index (χ0n) is 10.5. The van der Waals surface area contributed by atoms with Crippen LogP contribution in [0.3, 0.4) is 0 Å². The van der Waals surface area contributed by atoms with Crippen LogP contribution >= 0.6 is 15.9 Å². The summed E-state index contributed by atoms with van der Waals surface area (Å²) >= 11 is 3.47. The largest absolute Gasteiger partial charge is 0.492 e. The third-order valence-electron chi connectivity index (χ3n) is 2.61. The van der Waals surface area contributed by atoms with E-state index < -0.39 is 0 Å². The van der Waals surface area contributed by atoms with E-state index in [9.17, 15) is 0 Å². The highest BCUT2D eigenvalue weighted by molar-refractivity contribution is 9.10. The van der Waals surface area contributed by atoms with Crippen LogP contribution in [-0.4, -0.2) is 16.6 Å². The van der Waals surface area contributed by atoms with E-state index in [1.54, 1.807) is 18.6 Å². The minimum atomic E-state index is -0.247. The number of hydrogen-bond donors (Lipinski definition) is 2. The first-order chi connectivity index (χ1) is 9.26. The van der Waals surface area contributed by atoms with Gasteiger partial charge < -0.3 is 4.74 Å². The van der Waals surface area contributed by atoms with E-state index in [1.807, 2.05) is 25.1 Å². The lowest BCUT2D eigenvalue weighted by Gasteiger charge is -2.17. The predicted octanol–water partition coefficient (Wildman–Crippen LogP) is 2.19. The maximum atomic E-state index is 5.65. The van der Waals surface area contributed by atoms with Gasteiger partial charge >= 0.3 is 0 Å². The van der Waals surface area contributed by atoms with Crippen molar-refractivity contribution in [1.29, 1.82) is 0 Å². The van der Waals surface area contributed by atoms with Gasteiger partial charge in [0.25, 0.3) is 0 Å². The van der Waals surface area contributed by atoms with Crippen LogP contribution in [0.15, 0.2) is 41.3 Å². The summed E-state index contributed by atoms with van der Waals surface area (Å²) < 4.78 is 6.33. The molecule has 2 heterocycles. The van der Waals surface area contributed by atoms with Gasteiger partial charge in [0.05, 0.1) is 24.5 Å². The van der Waals surface area contributed by atoms with E-state index in [2.05, 4.69) is 31.3 Å². The second-order valence-corrected chi connectivity index (χ2v) is 4.71. The third-order valence-corrected chi connectivity index (χ3v) is 3.28. The molecule has 100 valence electrons. The topological polar surface area (TPSA) is 73.1 Å². The summed E-state index contributed by atoms with van der Waals surface area (Å²) in [5.74, 6) is 6.37. The molecule has 2 rings (SSSR count). The first-order valence-corrected chi connectivity index (χ1v) is 6.69. The Morgan fingerprint density at radius 1 is 1.47 bits per heavy atom. The molecule has 5 nitrogen and oxygen atoms in total. The molecule has 0 aromatic carbocycles. The number of halogens is 1. The standard InChI is InChI=1S/C13H15BrN4O/c1-2-19-10-6-9(7-16-8-10)12(18-15)13-11(14)4-3-5-17-13/h3-8,12,18H,2,15H2,1H3. The van der Waals surface area contributed by atoms with Gasteiger partial charge in [0.2, 0.25) is 0 Å². The van der Waals surface area contributed by atoms with Crippen LogP contribution in [-0.2, 0) is 0 Å². The van der Waals surface area contributed by atoms with Crippen molar-refractivity contribution >= 4 is 15.9 Å². The highest BCUT2D eigenvalue weighted by Gasteiger charge is 2.17. The van der Waals surface area contributed by atoms with Gasteiger partial charge in [-0.25, -0.2) is 5.43 Å². The summed E-state index contributed by atoms with van der Waals surface area (Å²) in [5, 5.41) is 0. The number of nitrogens with zero attached hydrogens (tertiary/aromatic N) is 2. The predicted molar refractivity (Wildman–Crippen MR) is 76.5 cm³/mol. The van der Waals surface area contributed by atoms with Gasteiger partial charge in [-0.05, 0) is 46.6 Å². The normalized spacial score (nSPS) is 12.2. The van der Waals surface area contributed by atoms with E-state index in [-0.39, 0.29) is 6.04 Å². The minimum absolute atomic E-state index is 0.247. The summed E-state index contributed by atoms with van der Waals surface area (Å²) in [4.78, 5) is 8.51. The van der Waals surface area contributed by atoms with Crippen molar-refractivity contribution in [2.45, 2.75) is 13.0 Å². The van der Waals surface area contributed by atoms with Crippen LogP contribution in [0.5, 0.6) is 5.75 Å². The van der Waals surface area contributed by atoms with Gasteiger partial charge in [-0.2, -0.15) is 0 Å². The Morgan fingerprint density at radius 2 is 2.32 bits per heavy atom. The molecule has 0 aliphatic rings. The van der Waals surface area contributed by atoms with Crippen molar-refractivity contribution < 1.29 is 4.74 Å². The minimum Gasteiger partial charge on any atom is -0.492 e. The summed E-state index contributed by atoms with van der Waals surface area (Å²) in [6.07, 6.45) is 5.15. The van der Waals surface area contributed by atoms with Crippen LogP contribution in [0.2, 0.25) is 0 Å². The average Bonchev–Trinajstić information content (AvgIpc) is 2.43. The van der Waals surface area contributed by atoms with Crippen LogP contribution in [0.1, 0.15) is 24.2 Å². The fourth-order valence-electron chi connectivity index (χ4n) is 1.78. The summed E-state index contributed by atoms with van der Waals surface area (Å²) in [5.41, 5.74) is 4.46. The number of pyridine rings is 2. The van der Waals surface area contributed by atoms with Crippen molar-refractivity contribution in [3.63, 3.8) is 0 Å². The molecule has 0 aliphatic carbocycles. The Hall–Kier alpha value is -1.50. The molecule has 19 heavy (non-hydrogen) atoms. The Balaban J connectivity index is 2.37. The number of aromatic nitrogens is 2. The lowest BCUT2D eigenvalue weighted by molar-refractivity contribution is 0.338. The highest BCUT2D eigenvalue weighted by atomic mass is 79.9. The molecule has 0 aliphatic heterocycles. The van der Waals surface area contributed by atoms with Crippen molar-refractivity contribution in [2.24, 2.45) is 5.84 Å². The molecule has 0 saturated carbocycles. The Labute approximate surface area is 120 Å². The molecule has 0 saturated heterocycles. The zero-order valence-corrected chi connectivity index (χ0v) is 12.1. The number of rotatable bonds is 5. The van der Waals surface area contributed by atoms with Crippen molar-refractivity contribution in [3.8, 4) is 5.75 Å². The van der Waals surface area contributed by atoms with E-state index >= 15 is 0 Å². The van der Waals surface area contributed by atoms with Crippen LogP contribution < -0.4 is 16.0 Å². The number of ether oxygens (including phenoxy) is 1. The molecule has 2 aromatic heterocycles. The van der Waals surface area contributed by atoms with Gasteiger partial charge in [-0.1, -0.05) is 0 Å². The first-order valence-electron chi connectivity index (χ1n) is 5.90. The van der Waals surface area contributed by atoms with E-state index in [4.69, 9.17) is 10.6 Å². The van der Waals surface area contributed by atoms with Crippen LogP contribution in [0.4, 0.5) is 0 Å². The summed E-state index contributed by atoms with van der Waals surface area (Å²) in [7, 11) is 0. The van der Waals surface area contributed by atoms with Crippen molar-refractivity contribution in [1.82, 2.24) is 15.4 Å². The first kappa shape index (κ1) is 13.9. The van der Waals surface area contributed by atoms with Gasteiger partial charge in [-0.15, -0.1) is 0 Å². The smallest absolute Gasteiger partial charge is 0.137 e. The molecule has 0 fully saturated rings. The Morgan fingerprint density at radius 3 is 3.00 bits per heavy atom. The summed E-state index contributed by atoms with van der Waals surface area (Å²) in [6, 6.07) is 5.44. The van der Waals surface area contributed by atoms with E-state index in [0.29, 0.717) is 12.4 Å². The molecule has 3 N–H and O–H groups in total. The SMILES string of the molecule is CCOc1cncc(C(NN)c2ncccc2Br)c1. The third kappa shape index (κ3) is 3.28. The molecule has 1 unspecified atom stereocenters. The summed E-state index contributed by atoms with van der Waals surface area (Å²) in [6.45, 7) is 2.53. The van der Waals surface area contributed by atoms with Gasteiger partial charge in [-0.3, -0.25) is 15.8 Å². The number of hydrogen-bond acceptors (Lipinski definition) is 5.